The third-order valence-corrected chi connectivity index (χ3v) is 5.11. The number of aromatic hydroxyl groups is 1. The molecule has 194 valence electrons. The number of phenolic OH excluding ortho intramolecular Hbond substituents is 1. The third-order valence-electron chi connectivity index (χ3n) is 5.11. The van der Waals surface area contributed by atoms with Crippen LogP contribution in [0.4, 0.5) is 0 Å². The first kappa shape index (κ1) is 29.4. The summed E-state index contributed by atoms with van der Waals surface area (Å²) >= 11 is 0. The van der Waals surface area contributed by atoms with Gasteiger partial charge in [0, 0.05) is 12.8 Å². The summed E-state index contributed by atoms with van der Waals surface area (Å²) in [4.78, 5) is 60.7. The van der Waals surface area contributed by atoms with Gasteiger partial charge in [-0.2, -0.15) is 0 Å². The van der Waals surface area contributed by atoms with Crippen molar-refractivity contribution in [1.29, 1.82) is 0 Å². The Labute approximate surface area is 203 Å². The lowest BCUT2D eigenvalue weighted by atomic mass is 10.0. The average molecular weight is 494 g/mol. The van der Waals surface area contributed by atoms with E-state index in [9.17, 15) is 29.1 Å². The molecule has 1 aromatic carbocycles. The van der Waals surface area contributed by atoms with Gasteiger partial charge in [-0.25, -0.2) is 0 Å². The Hall–Kier alpha value is -3.67. The Bertz CT molecular complexity index is 904. The number of hydrogen-bond donors (Lipinski definition) is 7. The van der Waals surface area contributed by atoms with E-state index in [1.54, 1.807) is 12.1 Å². The molecule has 0 fully saturated rings. The maximum Gasteiger partial charge on any atom is 0.325 e. The number of carboxylic acid groups (broad SMARTS) is 1. The van der Waals surface area contributed by atoms with Gasteiger partial charge in [0.1, 0.15) is 23.9 Å². The standard InChI is InChI=1S/C23H35N5O7/c1-12(2)10-16(24)20(31)28-18(11-14-4-6-15(29)7-5-14)22(33)27-17(8-9-19(25)30)21(32)26-13(3)23(34)35/h4-7,12-13,16-18,29H,8-11,24H2,1-3H3,(H2,25,30)(H,26,32)(H,27,33)(H,28,31)(H,34,35)/t13-,16-,17-,18-/m0/s1. The number of carbonyl (C=O) groups excluding carboxylic acids is 4. The topological polar surface area (TPSA) is 214 Å². The lowest BCUT2D eigenvalue weighted by Crippen LogP contribution is -2.57. The molecule has 4 atom stereocenters. The van der Waals surface area contributed by atoms with Crippen LogP contribution >= 0.6 is 0 Å². The number of rotatable bonds is 14. The summed E-state index contributed by atoms with van der Waals surface area (Å²) < 4.78 is 0. The van der Waals surface area contributed by atoms with Gasteiger partial charge < -0.3 is 37.6 Å². The highest BCUT2D eigenvalue weighted by molar-refractivity contribution is 5.94. The monoisotopic (exact) mass is 493 g/mol. The van der Waals surface area contributed by atoms with Crippen LogP contribution in [0.5, 0.6) is 5.75 Å². The molecule has 35 heavy (non-hydrogen) atoms. The van der Waals surface area contributed by atoms with Crippen molar-refractivity contribution in [1.82, 2.24) is 16.0 Å². The van der Waals surface area contributed by atoms with Crippen molar-refractivity contribution >= 4 is 29.6 Å². The van der Waals surface area contributed by atoms with E-state index in [1.165, 1.54) is 19.1 Å². The van der Waals surface area contributed by atoms with E-state index < -0.39 is 53.8 Å². The minimum atomic E-state index is -1.28. The number of carboxylic acids is 1. The van der Waals surface area contributed by atoms with Crippen LogP contribution in [-0.2, 0) is 30.4 Å². The zero-order chi connectivity index (χ0) is 26.7. The van der Waals surface area contributed by atoms with Crippen molar-refractivity contribution in [2.24, 2.45) is 17.4 Å². The van der Waals surface area contributed by atoms with Gasteiger partial charge in [0.25, 0.3) is 0 Å². The van der Waals surface area contributed by atoms with E-state index in [2.05, 4.69) is 16.0 Å². The fourth-order valence-electron chi connectivity index (χ4n) is 3.17. The molecule has 12 nitrogen and oxygen atoms in total. The molecule has 0 radical (unpaired) electrons. The lowest BCUT2D eigenvalue weighted by Gasteiger charge is -2.25. The molecule has 0 aliphatic heterocycles. The van der Waals surface area contributed by atoms with Crippen LogP contribution < -0.4 is 27.4 Å². The number of nitrogens with two attached hydrogens (primary N) is 2. The highest BCUT2D eigenvalue weighted by Gasteiger charge is 2.30. The minimum Gasteiger partial charge on any atom is -0.508 e. The normalized spacial score (nSPS) is 14.3. The van der Waals surface area contributed by atoms with Crippen LogP contribution in [-0.4, -0.2) is 64.0 Å². The number of benzene rings is 1. The minimum absolute atomic E-state index is 0.0158. The molecule has 0 aromatic heterocycles. The number of aliphatic carboxylic acids is 1. The fraction of sp³-hybridized carbons (Fsp3) is 0.522. The second kappa shape index (κ2) is 13.9. The van der Waals surface area contributed by atoms with Gasteiger partial charge in [-0.05, 0) is 43.4 Å². The van der Waals surface area contributed by atoms with Crippen molar-refractivity contribution in [3.63, 3.8) is 0 Å². The molecule has 0 saturated carbocycles. The molecule has 4 amide bonds. The van der Waals surface area contributed by atoms with Crippen molar-refractivity contribution < 1.29 is 34.2 Å². The molecule has 0 spiro atoms. The molecule has 0 unspecified atom stereocenters. The van der Waals surface area contributed by atoms with Gasteiger partial charge in [0.2, 0.25) is 23.6 Å². The molecule has 0 saturated heterocycles. The first-order chi connectivity index (χ1) is 16.3. The van der Waals surface area contributed by atoms with E-state index in [0.717, 1.165) is 0 Å². The summed E-state index contributed by atoms with van der Waals surface area (Å²) in [5.74, 6) is -3.95. The number of phenols is 1. The lowest BCUT2D eigenvalue weighted by molar-refractivity contribution is -0.142. The number of primary amides is 1. The molecule has 0 bridgehead atoms. The Morgan fingerprint density at radius 1 is 0.886 bits per heavy atom. The zero-order valence-electron chi connectivity index (χ0n) is 20.1. The number of nitrogens with one attached hydrogen (secondary N) is 3. The first-order valence-electron chi connectivity index (χ1n) is 11.3. The molecule has 9 N–H and O–H groups in total. The molecule has 0 heterocycles. The van der Waals surface area contributed by atoms with E-state index in [1.807, 2.05) is 13.8 Å². The maximum atomic E-state index is 13.1. The first-order valence-corrected chi connectivity index (χ1v) is 11.3. The Balaban J connectivity index is 3.11. The summed E-state index contributed by atoms with van der Waals surface area (Å²) in [6.45, 7) is 5.04. The number of amides is 4. The third kappa shape index (κ3) is 10.9. The summed E-state index contributed by atoms with van der Waals surface area (Å²) in [5, 5.41) is 25.9. The zero-order valence-corrected chi connectivity index (χ0v) is 20.1. The molecule has 0 aliphatic rings. The van der Waals surface area contributed by atoms with Gasteiger partial charge in [0.15, 0.2) is 0 Å². The number of hydrogen-bond acceptors (Lipinski definition) is 7. The SMILES string of the molecule is CC(C)C[C@H](N)C(=O)N[C@@H](Cc1ccc(O)cc1)C(=O)N[C@@H](CCC(N)=O)C(=O)N[C@@H](C)C(=O)O. The van der Waals surface area contributed by atoms with E-state index in [4.69, 9.17) is 16.6 Å². The highest BCUT2D eigenvalue weighted by Crippen LogP contribution is 2.12. The second-order valence-electron chi connectivity index (χ2n) is 8.80. The van der Waals surface area contributed by atoms with Gasteiger partial charge in [-0.3, -0.25) is 24.0 Å². The smallest absolute Gasteiger partial charge is 0.325 e. The summed E-state index contributed by atoms with van der Waals surface area (Å²) in [5.41, 5.74) is 11.7. The van der Waals surface area contributed by atoms with Crippen LogP contribution in [0.25, 0.3) is 0 Å². The molecular weight excluding hydrogens is 458 g/mol. The fourth-order valence-corrected chi connectivity index (χ4v) is 3.17. The maximum absolute atomic E-state index is 13.1. The quantitative estimate of drug-likeness (QED) is 0.172. The Kier molecular flexibility index (Phi) is 11.7. The highest BCUT2D eigenvalue weighted by atomic mass is 16.4. The number of carbonyl (C=O) groups is 5. The van der Waals surface area contributed by atoms with Gasteiger partial charge in [-0.1, -0.05) is 26.0 Å². The second-order valence-corrected chi connectivity index (χ2v) is 8.80. The van der Waals surface area contributed by atoms with Crippen molar-refractivity contribution in [3.8, 4) is 5.75 Å². The largest absolute Gasteiger partial charge is 0.508 e. The van der Waals surface area contributed by atoms with Crippen molar-refractivity contribution in [3.05, 3.63) is 29.8 Å². The van der Waals surface area contributed by atoms with Crippen LogP contribution in [0.1, 0.15) is 45.6 Å². The van der Waals surface area contributed by atoms with E-state index in [-0.39, 0.29) is 30.9 Å². The van der Waals surface area contributed by atoms with Gasteiger partial charge >= 0.3 is 5.97 Å². The van der Waals surface area contributed by atoms with E-state index in [0.29, 0.717) is 12.0 Å². The summed E-state index contributed by atoms with van der Waals surface area (Å²) in [6, 6.07) is 1.46. The average Bonchev–Trinajstić information content (AvgIpc) is 2.76. The molecule has 0 aliphatic carbocycles. The molecule has 12 heteroatoms. The Morgan fingerprint density at radius 3 is 1.94 bits per heavy atom. The molecule has 1 aromatic rings. The summed E-state index contributed by atoms with van der Waals surface area (Å²) in [6.07, 6.45) is -0.0158. The molecule has 1 rings (SSSR count). The van der Waals surface area contributed by atoms with E-state index >= 15 is 0 Å². The van der Waals surface area contributed by atoms with Crippen LogP contribution in [0.3, 0.4) is 0 Å². The van der Waals surface area contributed by atoms with Crippen molar-refractivity contribution in [2.75, 3.05) is 0 Å². The van der Waals surface area contributed by atoms with Crippen LogP contribution in [0.15, 0.2) is 24.3 Å². The van der Waals surface area contributed by atoms with Crippen LogP contribution in [0.2, 0.25) is 0 Å². The summed E-state index contributed by atoms with van der Waals surface area (Å²) in [7, 11) is 0. The predicted octanol–water partition coefficient (Wildman–Crippen LogP) is -0.867. The predicted molar refractivity (Wildman–Crippen MR) is 127 cm³/mol. The Morgan fingerprint density at radius 2 is 1.43 bits per heavy atom. The van der Waals surface area contributed by atoms with Crippen LogP contribution in [0, 0.1) is 5.92 Å². The van der Waals surface area contributed by atoms with Gasteiger partial charge in [-0.15, -0.1) is 0 Å². The van der Waals surface area contributed by atoms with Crippen molar-refractivity contribution in [2.45, 2.75) is 70.6 Å². The van der Waals surface area contributed by atoms with Gasteiger partial charge in [0.05, 0.1) is 6.04 Å². The molecular formula is C23H35N5O7.